The van der Waals surface area contributed by atoms with Crippen molar-refractivity contribution in [1.82, 2.24) is 9.55 Å². The zero-order valence-corrected chi connectivity index (χ0v) is 26.3. The van der Waals surface area contributed by atoms with Crippen LogP contribution < -0.4 is 5.32 Å². The number of carbonyl (C=O) groups excluding carboxylic acids is 1. The molecular weight excluding hydrogens is 567 g/mol. The molecule has 4 N–H and O–H groups in total. The molecule has 4 rings (SSSR count). The number of anilines is 1. The molecule has 2 atom stereocenters. The minimum Gasteiger partial charge on any atom is -0.481 e. The molecule has 4 aromatic rings. The van der Waals surface area contributed by atoms with Gasteiger partial charge in [-0.05, 0) is 80.6 Å². The van der Waals surface area contributed by atoms with Crippen molar-refractivity contribution in [2.75, 3.05) is 5.32 Å². The summed E-state index contributed by atoms with van der Waals surface area (Å²) in [7, 11) is 0. The van der Waals surface area contributed by atoms with E-state index in [1.54, 1.807) is 48.7 Å². The van der Waals surface area contributed by atoms with Gasteiger partial charge in [0.2, 0.25) is 0 Å². The van der Waals surface area contributed by atoms with Crippen LogP contribution in [0.25, 0.3) is 22.3 Å². The summed E-state index contributed by atoms with van der Waals surface area (Å²) in [4.78, 5) is 29.2. The van der Waals surface area contributed by atoms with Crippen LogP contribution in [0.3, 0.4) is 0 Å². The molecule has 0 saturated heterocycles. The van der Waals surface area contributed by atoms with Crippen LogP contribution in [-0.2, 0) is 11.2 Å². The van der Waals surface area contributed by atoms with Crippen molar-refractivity contribution in [3.8, 4) is 22.3 Å². The molecule has 0 aliphatic rings. The second-order valence-electron chi connectivity index (χ2n) is 10.4. The maximum absolute atomic E-state index is 14.0. The van der Waals surface area contributed by atoms with Gasteiger partial charge in [-0.25, -0.2) is 13.8 Å². The maximum atomic E-state index is 14.0. The number of rotatable bonds is 12. The predicted molar refractivity (Wildman–Crippen MR) is 161 cm³/mol. The van der Waals surface area contributed by atoms with Gasteiger partial charge < -0.3 is 25.2 Å². The standard InChI is InChI=1S/C32H33F2N3O5.Na/c1-19(2)37-26(15-14-24(38)17-25(39)18-28(40)41)29(20-6-10-22(33)11-7-20)30(21-8-12-23(34)13-9-21)31(37)32(42)36-27-5-3-4-16-35-27;/h3-13,16,19,24-25,38-39H,14-15,17-18H2,1-2H3,(H,40,41)(H,35,36,42);/t24-,25-;/m1./s1. The minimum absolute atomic E-state index is 0. The molecule has 8 nitrogen and oxygen atoms in total. The van der Waals surface area contributed by atoms with Gasteiger partial charge in [0.05, 0.1) is 18.6 Å². The number of aliphatic carboxylic acids is 1. The number of carboxylic acid groups (broad SMARTS) is 1. The first kappa shape index (κ1) is 34.1. The number of benzene rings is 2. The van der Waals surface area contributed by atoms with Crippen LogP contribution in [0.4, 0.5) is 14.6 Å². The van der Waals surface area contributed by atoms with Crippen LogP contribution in [0.15, 0.2) is 72.9 Å². The average molecular weight is 601 g/mol. The molecule has 0 unspecified atom stereocenters. The van der Waals surface area contributed by atoms with E-state index in [2.05, 4.69) is 10.3 Å². The summed E-state index contributed by atoms with van der Waals surface area (Å²) < 4.78 is 29.8. The van der Waals surface area contributed by atoms with Crippen LogP contribution >= 0.6 is 0 Å². The average Bonchev–Trinajstić information content (AvgIpc) is 3.28. The second kappa shape index (κ2) is 15.4. The number of hydrogen-bond acceptors (Lipinski definition) is 5. The fraction of sp³-hybridized carbons (Fsp3) is 0.281. The normalized spacial score (nSPS) is 12.4. The summed E-state index contributed by atoms with van der Waals surface area (Å²) in [6.45, 7) is 3.80. The van der Waals surface area contributed by atoms with Gasteiger partial charge in [0, 0.05) is 58.6 Å². The Labute approximate surface area is 270 Å². The number of halogens is 2. The molecule has 0 saturated carbocycles. The van der Waals surface area contributed by atoms with E-state index in [4.69, 9.17) is 5.11 Å². The number of carboxylic acids is 1. The summed E-state index contributed by atoms with van der Waals surface area (Å²) in [6.07, 6.45) is -0.960. The van der Waals surface area contributed by atoms with E-state index in [1.165, 1.54) is 24.3 Å². The van der Waals surface area contributed by atoms with Crippen LogP contribution in [0, 0.1) is 11.6 Å². The fourth-order valence-electron chi connectivity index (χ4n) is 5.13. The van der Waals surface area contributed by atoms with Crippen LogP contribution in [0.2, 0.25) is 0 Å². The smallest absolute Gasteiger partial charge is 0.305 e. The van der Waals surface area contributed by atoms with E-state index in [9.17, 15) is 28.6 Å². The summed E-state index contributed by atoms with van der Waals surface area (Å²) in [5.41, 5.74) is 3.21. The van der Waals surface area contributed by atoms with Gasteiger partial charge in [-0.2, -0.15) is 0 Å². The molecule has 1 radical (unpaired) electrons. The van der Waals surface area contributed by atoms with E-state index in [0.717, 1.165) is 0 Å². The molecule has 1 amide bonds. The number of amides is 1. The Morgan fingerprint density at radius 2 is 1.47 bits per heavy atom. The number of aromatic nitrogens is 2. The number of nitrogens with zero attached hydrogens (tertiary/aromatic N) is 2. The minimum atomic E-state index is -1.22. The summed E-state index contributed by atoms with van der Waals surface area (Å²) >= 11 is 0. The summed E-state index contributed by atoms with van der Waals surface area (Å²) in [5.74, 6) is -2.20. The van der Waals surface area contributed by atoms with Gasteiger partial charge in [0.25, 0.3) is 5.91 Å². The fourth-order valence-corrected chi connectivity index (χ4v) is 5.13. The number of hydrogen-bond donors (Lipinski definition) is 4. The topological polar surface area (TPSA) is 125 Å². The molecule has 43 heavy (non-hydrogen) atoms. The number of aliphatic hydroxyl groups excluding tert-OH is 2. The Hall–Kier alpha value is -3.41. The first-order valence-corrected chi connectivity index (χ1v) is 13.6. The van der Waals surface area contributed by atoms with E-state index in [-0.39, 0.29) is 60.6 Å². The maximum Gasteiger partial charge on any atom is 0.305 e. The first-order valence-electron chi connectivity index (χ1n) is 13.6. The van der Waals surface area contributed by atoms with Crippen molar-refractivity contribution in [2.45, 2.75) is 57.8 Å². The van der Waals surface area contributed by atoms with Gasteiger partial charge in [-0.1, -0.05) is 30.3 Å². The van der Waals surface area contributed by atoms with Crippen molar-refractivity contribution in [1.29, 1.82) is 0 Å². The third-order valence-electron chi connectivity index (χ3n) is 6.88. The molecule has 0 aliphatic carbocycles. The van der Waals surface area contributed by atoms with E-state index < -0.39 is 42.1 Å². The SMILES string of the molecule is CC(C)n1c(CC[C@@H](O)C[C@@H](O)CC(=O)O)c(-c2ccc(F)cc2)c(-c2ccc(F)cc2)c1C(=O)Nc1ccccn1.[Na]. The molecule has 2 aromatic heterocycles. The zero-order valence-electron chi connectivity index (χ0n) is 24.3. The molecule has 0 bridgehead atoms. The third-order valence-corrected chi connectivity index (χ3v) is 6.88. The van der Waals surface area contributed by atoms with Gasteiger partial charge in [-0.3, -0.25) is 9.59 Å². The van der Waals surface area contributed by atoms with Crippen molar-refractivity contribution in [3.63, 3.8) is 0 Å². The number of pyridine rings is 1. The molecule has 221 valence electrons. The second-order valence-corrected chi connectivity index (χ2v) is 10.4. The Bertz CT molecular complexity index is 1530. The Balaban J connectivity index is 0.00000506. The number of aliphatic hydroxyl groups is 2. The third kappa shape index (κ3) is 8.58. The van der Waals surface area contributed by atoms with Crippen molar-refractivity contribution in [3.05, 3.63) is 95.9 Å². The number of carbonyl (C=O) groups is 2. The van der Waals surface area contributed by atoms with E-state index >= 15 is 0 Å². The molecule has 0 aliphatic heterocycles. The van der Waals surface area contributed by atoms with E-state index in [0.29, 0.717) is 33.8 Å². The van der Waals surface area contributed by atoms with Gasteiger partial charge in [0.1, 0.15) is 23.1 Å². The number of nitrogens with one attached hydrogen (secondary N) is 1. The molecule has 2 aromatic carbocycles. The molecular formula is C32H33F2N3NaO5. The Morgan fingerprint density at radius 1 is 0.884 bits per heavy atom. The van der Waals surface area contributed by atoms with Gasteiger partial charge in [-0.15, -0.1) is 0 Å². The van der Waals surface area contributed by atoms with Crippen LogP contribution in [0.5, 0.6) is 0 Å². The quantitative estimate of drug-likeness (QED) is 0.160. The Kier molecular flexibility index (Phi) is 12.2. The van der Waals surface area contributed by atoms with Gasteiger partial charge in [0.15, 0.2) is 0 Å². The summed E-state index contributed by atoms with van der Waals surface area (Å²) in [6, 6.07) is 16.4. The largest absolute Gasteiger partial charge is 0.481 e. The van der Waals surface area contributed by atoms with Crippen LogP contribution in [0.1, 0.15) is 55.3 Å². The monoisotopic (exact) mass is 600 g/mol. The first-order chi connectivity index (χ1) is 20.0. The summed E-state index contributed by atoms with van der Waals surface area (Å²) in [5, 5.41) is 32.6. The molecule has 2 heterocycles. The van der Waals surface area contributed by atoms with Crippen molar-refractivity contribution >= 4 is 47.3 Å². The van der Waals surface area contributed by atoms with Crippen molar-refractivity contribution < 1.29 is 33.7 Å². The van der Waals surface area contributed by atoms with Crippen LogP contribution in [-0.4, -0.2) is 78.5 Å². The van der Waals surface area contributed by atoms with Gasteiger partial charge >= 0.3 is 5.97 Å². The molecule has 11 heteroatoms. The van der Waals surface area contributed by atoms with Crippen molar-refractivity contribution in [2.24, 2.45) is 0 Å². The molecule has 0 fully saturated rings. The predicted octanol–water partition coefficient (Wildman–Crippen LogP) is 5.47. The molecule has 0 spiro atoms. The zero-order chi connectivity index (χ0) is 30.4. The Morgan fingerprint density at radius 3 is 1.98 bits per heavy atom. The van der Waals surface area contributed by atoms with E-state index in [1.807, 2.05) is 18.4 Å².